The average molecular weight is 229 g/mol. The number of esters is 1. The monoisotopic (exact) mass is 229 g/mol. The second kappa shape index (κ2) is 6.86. The Balaban J connectivity index is 2.56. The zero-order valence-corrected chi connectivity index (χ0v) is 10.6. The van der Waals surface area contributed by atoms with Gasteiger partial charge in [-0.1, -0.05) is 12.8 Å². The van der Waals surface area contributed by atoms with E-state index in [2.05, 4.69) is 11.8 Å². The lowest BCUT2D eigenvalue weighted by Crippen LogP contribution is -2.45. The Labute approximate surface area is 97.9 Å². The molecule has 1 rings (SSSR count). The molecule has 94 valence electrons. The molecule has 4 heteroatoms. The van der Waals surface area contributed by atoms with Gasteiger partial charge in [-0.05, 0) is 19.8 Å². The summed E-state index contributed by atoms with van der Waals surface area (Å²) in [4.78, 5) is 13.6. The fraction of sp³-hybridized carbons (Fsp3) is 0.917. The lowest BCUT2D eigenvalue weighted by Gasteiger charge is -2.33. The molecule has 0 aromatic heterocycles. The molecule has 1 unspecified atom stereocenters. The minimum absolute atomic E-state index is 0.158. The van der Waals surface area contributed by atoms with E-state index >= 15 is 0 Å². The van der Waals surface area contributed by atoms with E-state index < -0.39 is 0 Å². The molecule has 0 aromatic carbocycles. The van der Waals surface area contributed by atoms with Crippen LogP contribution in [0.3, 0.4) is 0 Å². The van der Waals surface area contributed by atoms with E-state index in [-0.39, 0.29) is 12.0 Å². The highest BCUT2D eigenvalue weighted by Crippen LogP contribution is 2.25. The molecule has 0 aliphatic heterocycles. The number of carbonyl (C=O) groups excluding carboxylic acids is 1. The maximum Gasteiger partial charge on any atom is 0.319 e. The fourth-order valence-corrected chi connectivity index (χ4v) is 2.43. The van der Waals surface area contributed by atoms with Crippen LogP contribution < -0.4 is 0 Å². The van der Waals surface area contributed by atoms with Gasteiger partial charge in [-0.25, -0.2) is 0 Å². The summed E-state index contributed by atoms with van der Waals surface area (Å²) in [6.07, 6.45) is 4.90. The van der Waals surface area contributed by atoms with Gasteiger partial charge in [-0.15, -0.1) is 0 Å². The Hall–Kier alpha value is -0.610. The second-order valence-corrected chi connectivity index (χ2v) is 4.49. The molecule has 1 atom stereocenters. The molecule has 0 aromatic rings. The number of methoxy groups -OCH3 is 2. The van der Waals surface area contributed by atoms with Crippen molar-refractivity contribution in [1.29, 1.82) is 0 Å². The van der Waals surface area contributed by atoms with E-state index in [1.807, 2.05) is 0 Å². The van der Waals surface area contributed by atoms with Gasteiger partial charge in [0.2, 0.25) is 0 Å². The quantitative estimate of drug-likeness (QED) is 0.646. The van der Waals surface area contributed by atoms with Crippen LogP contribution in [0.15, 0.2) is 0 Å². The third-order valence-corrected chi connectivity index (χ3v) is 3.31. The Kier molecular flexibility index (Phi) is 5.77. The van der Waals surface area contributed by atoms with Gasteiger partial charge in [0, 0.05) is 19.2 Å². The summed E-state index contributed by atoms with van der Waals surface area (Å²) >= 11 is 0. The summed E-state index contributed by atoms with van der Waals surface area (Å²) in [5.41, 5.74) is 0. The average Bonchev–Trinajstić information content (AvgIpc) is 2.78. The van der Waals surface area contributed by atoms with E-state index in [0.29, 0.717) is 19.2 Å². The van der Waals surface area contributed by atoms with Crippen molar-refractivity contribution in [2.24, 2.45) is 0 Å². The van der Waals surface area contributed by atoms with Crippen LogP contribution in [0.25, 0.3) is 0 Å². The number of hydrogen-bond acceptors (Lipinski definition) is 4. The van der Waals surface area contributed by atoms with Gasteiger partial charge < -0.3 is 9.47 Å². The molecular weight excluding hydrogens is 206 g/mol. The maximum absolute atomic E-state index is 11.4. The molecule has 4 nitrogen and oxygen atoms in total. The smallest absolute Gasteiger partial charge is 0.319 e. The highest BCUT2D eigenvalue weighted by atomic mass is 16.5. The van der Waals surface area contributed by atoms with Crippen LogP contribution in [-0.2, 0) is 14.3 Å². The lowest BCUT2D eigenvalue weighted by atomic mass is 10.1. The molecule has 0 N–H and O–H groups in total. The van der Waals surface area contributed by atoms with Crippen LogP contribution in [-0.4, -0.2) is 50.3 Å². The summed E-state index contributed by atoms with van der Waals surface area (Å²) in [5.74, 6) is -0.158. The minimum Gasteiger partial charge on any atom is -0.468 e. The molecule has 0 radical (unpaired) electrons. The molecule has 1 saturated carbocycles. The van der Waals surface area contributed by atoms with Crippen molar-refractivity contribution in [2.45, 2.75) is 44.7 Å². The minimum atomic E-state index is -0.158. The first kappa shape index (κ1) is 13.5. The van der Waals surface area contributed by atoms with Gasteiger partial charge >= 0.3 is 5.97 Å². The maximum atomic E-state index is 11.4. The van der Waals surface area contributed by atoms with Crippen molar-refractivity contribution in [3.05, 3.63) is 0 Å². The number of nitrogens with zero attached hydrogens (tertiary/aromatic N) is 1. The van der Waals surface area contributed by atoms with Crippen molar-refractivity contribution < 1.29 is 14.3 Å². The van der Waals surface area contributed by atoms with E-state index in [0.717, 1.165) is 0 Å². The van der Waals surface area contributed by atoms with Crippen LogP contribution in [0.4, 0.5) is 0 Å². The number of rotatable bonds is 6. The van der Waals surface area contributed by atoms with Gasteiger partial charge in [0.1, 0.15) is 0 Å². The van der Waals surface area contributed by atoms with Gasteiger partial charge in [0.05, 0.1) is 20.3 Å². The molecule has 0 saturated heterocycles. The van der Waals surface area contributed by atoms with Crippen LogP contribution in [0.2, 0.25) is 0 Å². The summed E-state index contributed by atoms with van der Waals surface area (Å²) < 4.78 is 9.91. The molecule has 16 heavy (non-hydrogen) atoms. The fourth-order valence-electron chi connectivity index (χ4n) is 2.43. The van der Waals surface area contributed by atoms with E-state index in [1.165, 1.54) is 32.8 Å². The Morgan fingerprint density at radius 2 is 2.00 bits per heavy atom. The van der Waals surface area contributed by atoms with Crippen molar-refractivity contribution in [3.63, 3.8) is 0 Å². The van der Waals surface area contributed by atoms with Crippen LogP contribution >= 0.6 is 0 Å². The first-order chi connectivity index (χ1) is 7.69. The SMILES string of the molecule is COCC(C)N(CC(=O)OC)C1CCCC1. The van der Waals surface area contributed by atoms with Crippen molar-refractivity contribution >= 4 is 5.97 Å². The Bertz CT molecular complexity index is 214. The number of carbonyl (C=O) groups is 1. The molecule has 0 bridgehead atoms. The molecule has 1 aliphatic rings. The molecule has 0 heterocycles. The topological polar surface area (TPSA) is 38.8 Å². The summed E-state index contributed by atoms with van der Waals surface area (Å²) in [6, 6.07) is 0.788. The van der Waals surface area contributed by atoms with E-state index in [1.54, 1.807) is 7.11 Å². The Morgan fingerprint density at radius 3 is 2.50 bits per heavy atom. The third-order valence-electron chi connectivity index (χ3n) is 3.31. The van der Waals surface area contributed by atoms with Crippen molar-refractivity contribution in [3.8, 4) is 0 Å². The predicted octanol–water partition coefficient (Wildman–Crippen LogP) is 1.44. The predicted molar refractivity (Wildman–Crippen MR) is 62.3 cm³/mol. The first-order valence-corrected chi connectivity index (χ1v) is 6.00. The number of ether oxygens (including phenoxy) is 2. The molecule has 1 fully saturated rings. The normalized spacial score (nSPS) is 19.0. The highest BCUT2D eigenvalue weighted by Gasteiger charge is 2.28. The summed E-state index contributed by atoms with van der Waals surface area (Å²) in [5, 5.41) is 0. The largest absolute Gasteiger partial charge is 0.468 e. The summed E-state index contributed by atoms with van der Waals surface area (Å²) in [7, 11) is 3.14. The third kappa shape index (κ3) is 3.76. The zero-order valence-electron chi connectivity index (χ0n) is 10.6. The zero-order chi connectivity index (χ0) is 12.0. The van der Waals surface area contributed by atoms with Crippen LogP contribution in [0, 0.1) is 0 Å². The van der Waals surface area contributed by atoms with Crippen molar-refractivity contribution in [1.82, 2.24) is 4.90 Å². The van der Waals surface area contributed by atoms with Gasteiger partial charge in [-0.2, -0.15) is 0 Å². The standard InChI is InChI=1S/C12H23NO3/c1-10(9-15-2)13(8-12(14)16-3)11-6-4-5-7-11/h10-11H,4-9H2,1-3H3. The molecule has 1 aliphatic carbocycles. The summed E-state index contributed by atoms with van der Waals surface area (Å²) in [6.45, 7) is 3.14. The second-order valence-electron chi connectivity index (χ2n) is 4.49. The van der Waals surface area contributed by atoms with E-state index in [9.17, 15) is 4.79 Å². The molecule has 0 spiro atoms. The van der Waals surface area contributed by atoms with Crippen LogP contribution in [0.1, 0.15) is 32.6 Å². The molecular formula is C12H23NO3. The van der Waals surface area contributed by atoms with Gasteiger partial charge in [0.25, 0.3) is 0 Å². The first-order valence-electron chi connectivity index (χ1n) is 6.00. The number of hydrogen-bond donors (Lipinski definition) is 0. The van der Waals surface area contributed by atoms with Crippen LogP contribution in [0.5, 0.6) is 0 Å². The van der Waals surface area contributed by atoms with E-state index in [4.69, 9.17) is 9.47 Å². The lowest BCUT2D eigenvalue weighted by molar-refractivity contribution is -0.143. The molecule has 0 amide bonds. The Morgan fingerprint density at radius 1 is 1.38 bits per heavy atom. The van der Waals surface area contributed by atoms with Gasteiger partial charge in [0.15, 0.2) is 0 Å². The van der Waals surface area contributed by atoms with Crippen molar-refractivity contribution in [2.75, 3.05) is 27.4 Å². The highest BCUT2D eigenvalue weighted by molar-refractivity contribution is 5.71. The van der Waals surface area contributed by atoms with Gasteiger partial charge in [-0.3, -0.25) is 9.69 Å².